The smallest absolute Gasteiger partial charge is 0.112 e. The topological polar surface area (TPSA) is 39.7 Å². The van der Waals surface area contributed by atoms with Gasteiger partial charge in [-0.05, 0) is 25.5 Å². The highest BCUT2D eigenvalue weighted by Gasteiger charge is 2.29. The molecule has 1 saturated heterocycles. The maximum Gasteiger partial charge on any atom is 0.112 e. The van der Waals surface area contributed by atoms with E-state index in [0.29, 0.717) is 19.8 Å². The Kier molecular flexibility index (Phi) is 4.63. The lowest BCUT2D eigenvalue weighted by Crippen LogP contribution is -2.48. The lowest BCUT2D eigenvalue weighted by atomic mass is 10.1. The maximum absolute atomic E-state index is 5.74. The zero-order valence-corrected chi connectivity index (χ0v) is 9.91. The number of nitrogens with one attached hydrogen (secondary N) is 1. The Morgan fingerprint density at radius 3 is 3.00 bits per heavy atom. The van der Waals surface area contributed by atoms with E-state index in [-0.39, 0.29) is 12.1 Å². The van der Waals surface area contributed by atoms with Crippen molar-refractivity contribution in [3.8, 4) is 0 Å². The predicted molar refractivity (Wildman–Crippen MR) is 61.3 cm³/mol. The van der Waals surface area contributed by atoms with E-state index in [1.807, 2.05) is 0 Å². The first-order valence-electron chi connectivity index (χ1n) is 6.17. The average molecular weight is 227 g/mol. The second-order valence-electron chi connectivity index (χ2n) is 4.12. The Bertz CT molecular complexity index is 236. The Balaban J connectivity index is 1.99. The fraction of sp³-hybridized carbons (Fsp3) is 0.833. The quantitative estimate of drug-likeness (QED) is 0.780. The molecular formula is C12H21NO3. The van der Waals surface area contributed by atoms with Crippen LogP contribution in [0.1, 0.15) is 19.8 Å². The maximum atomic E-state index is 5.74. The molecule has 4 heteroatoms. The molecule has 4 nitrogen and oxygen atoms in total. The third kappa shape index (κ3) is 2.97. The number of likely N-dealkylation sites (N-methyl/N-ethyl adjacent to an activating group) is 1. The van der Waals surface area contributed by atoms with Crippen LogP contribution in [0.4, 0.5) is 0 Å². The summed E-state index contributed by atoms with van der Waals surface area (Å²) in [7, 11) is 0. The van der Waals surface area contributed by atoms with Crippen molar-refractivity contribution in [1.82, 2.24) is 5.32 Å². The van der Waals surface area contributed by atoms with Crippen LogP contribution in [0.15, 0.2) is 11.8 Å². The average Bonchev–Trinajstić information content (AvgIpc) is 2.38. The number of hydrogen-bond acceptors (Lipinski definition) is 4. The summed E-state index contributed by atoms with van der Waals surface area (Å²) >= 11 is 0. The molecule has 0 bridgehead atoms. The van der Waals surface area contributed by atoms with Gasteiger partial charge in [0.15, 0.2) is 0 Å². The Morgan fingerprint density at radius 2 is 2.38 bits per heavy atom. The van der Waals surface area contributed by atoms with E-state index in [9.17, 15) is 0 Å². The van der Waals surface area contributed by atoms with Crippen LogP contribution in [0.5, 0.6) is 0 Å². The molecule has 0 aromatic carbocycles. The van der Waals surface area contributed by atoms with Crippen molar-refractivity contribution in [2.24, 2.45) is 0 Å². The molecule has 0 aromatic rings. The molecule has 0 aromatic heterocycles. The van der Waals surface area contributed by atoms with Gasteiger partial charge in [-0.3, -0.25) is 0 Å². The van der Waals surface area contributed by atoms with Gasteiger partial charge in [-0.2, -0.15) is 0 Å². The lowest BCUT2D eigenvalue weighted by molar-refractivity contribution is -0.102. The van der Waals surface area contributed by atoms with Gasteiger partial charge in [0.2, 0.25) is 0 Å². The summed E-state index contributed by atoms with van der Waals surface area (Å²) in [5.74, 6) is 1.03. The van der Waals surface area contributed by atoms with Crippen LogP contribution in [0.25, 0.3) is 0 Å². The van der Waals surface area contributed by atoms with Crippen molar-refractivity contribution >= 4 is 0 Å². The van der Waals surface area contributed by atoms with Crippen LogP contribution in [0, 0.1) is 0 Å². The molecule has 0 radical (unpaired) electrons. The minimum Gasteiger partial charge on any atom is -0.496 e. The highest BCUT2D eigenvalue weighted by atomic mass is 16.6. The van der Waals surface area contributed by atoms with E-state index in [4.69, 9.17) is 14.2 Å². The summed E-state index contributed by atoms with van der Waals surface area (Å²) in [5.41, 5.74) is 0. The van der Waals surface area contributed by atoms with Gasteiger partial charge in [0.1, 0.15) is 11.9 Å². The van der Waals surface area contributed by atoms with Crippen molar-refractivity contribution in [3.63, 3.8) is 0 Å². The molecule has 92 valence electrons. The minimum absolute atomic E-state index is 0.0815. The van der Waals surface area contributed by atoms with Crippen molar-refractivity contribution < 1.29 is 14.2 Å². The molecule has 0 saturated carbocycles. The van der Waals surface area contributed by atoms with Gasteiger partial charge >= 0.3 is 0 Å². The molecule has 0 aliphatic carbocycles. The van der Waals surface area contributed by atoms with Crippen molar-refractivity contribution in [3.05, 3.63) is 11.8 Å². The van der Waals surface area contributed by atoms with Gasteiger partial charge in [-0.1, -0.05) is 6.92 Å². The predicted octanol–water partition coefficient (Wildman–Crippen LogP) is 1.07. The Hall–Kier alpha value is -0.580. The molecule has 2 heterocycles. The molecule has 0 spiro atoms. The summed E-state index contributed by atoms with van der Waals surface area (Å²) in [4.78, 5) is 0. The standard InChI is InChI=1S/C12H21NO3/c1-2-13-12(10-5-3-4-6-15-10)11-9-14-7-8-16-11/h5,11-13H,2-4,6-9H2,1H3. The van der Waals surface area contributed by atoms with E-state index in [1.165, 1.54) is 0 Å². The summed E-state index contributed by atoms with van der Waals surface area (Å²) in [6.45, 7) is 5.86. The molecule has 1 N–H and O–H groups in total. The fourth-order valence-corrected chi connectivity index (χ4v) is 2.13. The molecule has 2 unspecified atom stereocenters. The Labute approximate surface area is 96.9 Å². The normalized spacial score (nSPS) is 28.1. The number of ether oxygens (including phenoxy) is 3. The molecule has 2 aliphatic heterocycles. The third-order valence-electron chi connectivity index (χ3n) is 2.91. The van der Waals surface area contributed by atoms with Crippen LogP contribution in [0.3, 0.4) is 0 Å². The molecule has 2 rings (SSSR count). The monoisotopic (exact) mass is 227 g/mol. The molecule has 2 atom stereocenters. The van der Waals surface area contributed by atoms with Crippen molar-refractivity contribution in [2.75, 3.05) is 33.0 Å². The van der Waals surface area contributed by atoms with Crippen LogP contribution in [0.2, 0.25) is 0 Å². The zero-order valence-electron chi connectivity index (χ0n) is 9.91. The highest BCUT2D eigenvalue weighted by molar-refractivity contribution is 5.08. The molecule has 1 fully saturated rings. The molecule has 2 aliphatic rings. The number of hydrogen-bond donors (Lipinski definition) is 1. The second kappa shape index (κ2) is 6.23. The van der Waals surface area contributed by atoms with E-state index >= 15 is 0 Å². The fourth-order valence-electron chi connectivity index (χ4n) is 2.13. The van der Waals surface area contributed by atoms with Crippen LogP contribution in [-0.4, -0.2) is 45.1 Å². The molecular weight excluding hydrogens is 206 g/mol. The second-order valence-corrected chi connectivity index (χ2v) is 4.12. The SMILES string of the molecule is CCNC(C1=CCCCO1)C1COCCO1. The van der Waals surface area contributed by atoms with Crippen LogP contribution >= 0.6 is 0 Å². The summed E-state index contributed by atoms with van der Waals surface area (Å²) in [5, 5.41) is 3.42. The first-order valence-corrected chi connectivity index (χ1v) is 6.17. The van der Waals surface area contributed by atoms with Crippen molar-refractivity contribution in [1.29, 1.82) is 0 Å². The van der Waals surface area contributed by atoms with Crippen molar-refractivity contribution in [2.45, 2.75) is 31.9 Å². The lowest BCUT2D eigenvalue weighted by Gasteiger charge is -2.33. The van der Waals surface area contributed by atoms with Crippen LogP contribution < -0.4 is 5.32 Å². The zero-order chi connectivity index (χ0) is 11.2. The number of rotatable bonds is 4. The largest absolute Gasteiger partial charge is 0.496 e. The van der Waals surface area contributed by atoms with E-state index < -0.39 is 0 Å². The number of allylic oxidation sites excluding steroid dienone is 1. The highest BCUT2D eigenvalue weighted by Crippen LogP contribution is 2.19. The first kappa shape index (κ1) is 11.9. The Morgan fingerprint density at radius 1 is 1.44 bits per heavy atom. The summed E-state index contributed by atoms with van der Waals surface area (Å²) < 4.78 is 16.9. The van der Waals surface area contributed by atoms with E-state index in [0.717, 1.165) is 31.8 Å². The summed E-state index contributed by atoms with van der Waals surface area (Å²) in [6, 6.07) is 0.144. The van der Waals surface area contributed by atoms with Gasteiger partial charge in [0.25, 0.3) is 0 Å². The van der Waals surface area contributed by atoms with Gasteiger partial charge in [0, 0.05) is 0 Å². The minimum atomic E-state index is 0.0815. The molecule has 16 heavy (non-hydrogen) atoms. The van der Waals surface area contributed by atoms with Gasteiger partial charge < -0.3 is 19.5 Å². The van der Waals surface area contributed by atoms with Gasteiger partial charge in [-0.25, -0.2) is 0 Å². The van der Waals surface area contributed by atoms with Gasteiger partial charge in [0.05, 0.1) is 32.5 Å². The summed E-state index contributed by atoms with van der Waals surface area (Å²) in [6.07, 6.45) is 4.47. The van der Waals surface area contributed by atoms with Gasteiger partial charge in [-0.15, -0.1) is 0 Å². The molecule has 0 amide bonds. The third-order valence-corrected chi connectivity index (χ3v) is 2.91. The first-order chi connectivity index (χ1) is 7.92. The van der Waals surface area contributed by atoms with Crippen LogP contribution in [-0.2, 0) is 14.2 Å². The van der Waals surface area contributed by atoms with E-state index in [1.54, 1.807) is 0 Å². The van der Waals surface area contributed by atoms with E-state index in [2.05, 4.69) is 18.3 Å².